The number of aliphatic carboxylic acids is 2. The van der Waals surface area contributed by atoms with Crippen molar-refractivity contribution in [3.8, 4) is 0 Å². The standard InChI is InChI=1S/C6H12O4S.C6H10O4S/c2*1-11-3-2-4(7)5(8)6(9)10/h4-5,7-8H,2-3H2,1H3,(H,9,10);2-5,7-8H,1H3,(H,9,10). The predicted octanol–water partition coefficient (Wildman–Crippen LogP) is -0.785. The molecule has 0 aliphatic rings. The largest absolute Gasteiger partial charge is 0.479 e. The number of aliphatic hydroxyl groups excluding tert-OH is 4. The van der Waals surface area contributed by atoms with Crippen LogP contribution in [0.25, 0.3) is 0 Å². The third kappa shape index (κ3) is 11.8. The monoisotopic (exact) mass is 358 g/mol. The lowest BCUT2D eigenvalue weighted by molar-refractivity contribution is -0.153. The van der Waals surface area contributed by atoms with E-state index >= 15 is 0 Å². The van der Waals surface area contributed by atoms with Crippen molar-refractivity contribution in [1.82, 2.24) is 0 Å². The van der Waals surface area contributed by atoms with Gasteiger partial charge in [-0.2, -0.15) is 11.8 Å². The molecule has 0 aliphatic carbocycles. The van der Waals surface area contributed by atoms with E-state index in [9.17, 15) is 9.59 Å². The van der Waals surface area contributed by atoms with Crippen molar-refractivity contribution in [3.63, 3.8) is 0 Å². The van der Waals surface area contributed by atoms with Crippen molar-refractivity contribution < 1.29 is 40.2 Å². The number of carboxylic acids is 2. The number of hydrogen-bond acceptors (Lipinski definition) is 8. The van der Waals surface area contributed by atoms with Gasteiger partial charge in [-0.15, -0.1) is 11.8 Å². The fourth-order valence-electron chi connectivity index (χ4n) is 0.971. The Kier molecular flexibility index (Phi) is 14.8. The first-order valence-corrected chi connectivity index (χ1v) is 8.73. The molecule has 0 aromatic carbocycles. The lowest BCUT2D eigenvalue weighted by Gasteiger charge is -2.12. The first-order valence-electron chi connectivity index (χ1n) is 6.05. The summed E-state index contributed by atoms with van der Waals surface area (Å²) in [6.45, 7) is 0. The predicted molar refractivity (Wildman–Crippen MR) is 85.0 cm³/mol. The molecular weight excluding hydrogens is 336 g/mol. The minimum Gasteiger partial charge on any atom is -0.479 e. The van der Waals surface area contributed by atoms with E-state index < -0.39 is 36.4 Å². The molecule has 0 aliphatic heterocycles. The summed E-state index contributed by atoms with van der Waals surface area (Å²) in [6, 6.07) is 0. The van der Waals surface area contributed by atoms with Crippen LogP contribution in [0.2, 0.25) is 0 Å². The molecule has 10 heteroatoms. The van der Waals surface area contributed by atoms with Gasteiger partial charge in [-0.3, -0.25) is 0 Å². The Morgan fingerprint density at radius 1 is 1.00 bits per heavy atom. The van der Waals surface area contributed by atoms with Gasteiger partial charge in [-0.25, -0.2) is 9.59 Å². The Balaban J connectivity index is 0. The van der Waals surface area contributed by atoms with Crippen LogP contribution in [-0.4, -0.2) is 85.3 Å². The molecule has 4 unspecified atom stereocenters. The van der Waals surface area contributed by atoms with Crippen LogP contribution in [0.1, 0.15) is 6.42 Å². The zero-order valence-electron chi connectivity index (χ0n) is 12.2. The summed E-state index contributed by atoms with van der Waals surface area (Å²) in [7, 11) is 0. The Morgan fingerprint density at radius 2 is 1.50 bits per heavy atom. The maximum Gasteiger partial charge on any atom is 0.335 e. The Labute approximate surface area is 136 Å². The average molecular weight is 358 g/mol. The highest BCUT2D eigenvalue weighted by molar-refractivity contribution is 8.01. The second kappa shape index (κ2) is 13.9. The molecule has 0 aromatic heterocycles. The minimum absolute atomic E-state index is 0.300. The number of carbonyl (C=O) groups is 2. The van der Waals surface area contributed by atoms with Crippen LogP contribution in [0.4, 0.5) is 0 Å². The number of carboxylic acid groups (broad SMARTS) is 2. The fourth-order valence-corrected chi connectivity index (χ4v) is 1.77. The molecule has 0 radical (unpaired) electrons. The molecule has 130 valence electrons. The van der Waals surface area contributed by atoms with E-state index in [-0.39, 0.29) is 0 Å². The topological polar surface area (TPSA) is 156 Å². The molecule has 8 nitrogen and oxygen atoms in total. The quantitative estimate of drug-likeness (QED) is 0.309. The van der Waals surface area contributed by atoms with Crippen molar-refractivity contribution >= 4 is 35.5 Å². The van der Waals surface area contributed by atoms with Crippen LogP contribution in [-0.2, 0) is 9.59 Å². The Hall–Kier alpha value is -0.780. The molecule has 0 aromatic rings. The average Bonchev–Trinajstić information content (AvgIpc) is 2.48. The van der Waals surface area contributed by atoms with Gasteiger partial charge in [-0.1, -0.05) is 0 Å². The maximum absolute atomic E-state index is 10.1. The summed E-state index contributed by atoms with van der Waals surface area (Å²) in [4.78, 5) is 20.1. The van der Waals surface area contributed by atoms with Crippen LogP contribution >= 0.6 is 23.5 Å². The second-order valence-corrected chi connectivity index (χ2v) is 5.70. The summed E-state index contributed by atoms with van der Waals surface area (Å²) in [5.74, 6) is -2.16. The molecular formula is C12H22O8S2. The highest BCUT2D eigenvalue weighted by atomic mass is 32.2. The molecule has 22 heavy (non-hydrogen) atoms. The Morgan fingerprint density at radius 3 is 1.86 bits per heavy atom. The summed E-state index contributed by atoms with van der Waals surface area (Å²) in [5.41, 5.74) is 0. The van der Waals surface area contributed by atoms with Gasteiger partial charge in [0.05, 0.1) is 6.10 Å². The molecule has 4 atom stereocenters. The van der Waals surface area contributed by atoms with Crippen molar-refractivity contribution in [2.75, 3.05) is 18.3 Å². The molecule has 0 spiro atoms. The van der Waals surface area contributed by atoms with Crippen molar-refractivity contribution in [1.29, 1.82) is 0 Å². The van der Waals surface area contributed by atoms with Crippen LogP contribution in [0, 0.1) is 0 Å². The molecule has 0 amide bonds. The van der Waals surface area contributed by atoms with Gasteiger partial charge < -0.3 is 30.6 Å². The second-order valence-electron chi connectivity index (χ2n) is 3.97. The van der Waals surface area contributed by atoms with Crippen LogP contribution < -0.4 is 0 Å². The third-order valence-electron chi connectivity index (χ3n) is 2.22. The molecule has 0 fully saturated rings. The SMILES string of the molecule is CSC=CC(O)C(O)C(=O)O.CSCCC(O)C(O)C(=O)O. The van der Waals surface area contributed by atoms with E-state index in [2.05, 4.69) is 0 Å². The number of rotatable bonds is 9. The minimum atomic E-state index is -1.74. The molecule has 0 rings (SSSR count). The van der Waals surface area contributed by atoms with Gasteiger partial charge in [0.25, 0.3) is 0 Å². The third-order valence-corrected chi connectivity index (χ3v) is 3.30. The summed E-state index contributed by atoms with van der Waals surface area (Å²) >= 11 is 2.81. The van der Waals surface area contributed by atoms with Gasteiger partial charge in [-0.05, 0) is 36.2 Å². The molecule has 0 saturated carbocycles. The highest BCUT2D eigenvalue weighted by Gasteiger charge is 2.22. The van der Waals surface area contributed by atoms with Gasteiger partial charge >= 0.3 is 11.9 Å². The number of aliphatic hydroxyl groups is 4. The highest BCUT2D eigenvalue weighted by Crippen LogP contribution is 2.04. The molecule has 0 saturated heterocycles. The van der Waals surface area contributed by atoms with E-state index in [0.717, 1.165) is 0 Å². The summed E-state index contributed by atoms with van der Waals surface area (Å²) in [6.07, 6.45) is -0.741. The molecule has 0 heterocycles. The zero-order chi connectivity index (χ0) is 17.7. The van der Waals surface area contributed by atoms with Crippen LogP contribution in [0.3, 0.4) is 0 Å². The van der Waals surface area contributed by atoms with Crippen molar-refractivity contribution in [3.05, 3.63) is 11.5 Å². The first-order chi connectivity index (χ1) is 10.2. The van der Waals surface area contributed by atoms with Crippen molar-refractivity contribution in [2.45, 2.75) is 30.8 Å². The Bertz CT molecular complexity index is 350. The van der Waals surface area contributed by atoms with Crippen LogP contribution in [0.5, 0.6) is 0 Å². The number of hydrogen-bond donors (Lipinski definition) is 6. The first kappa shape index (κ1) is 23.5. The summed E-state index contributed by atoms with van der Waals surface area (Å²) < 4.78 is 0. The van der Waals surface area contributed by atoms with Crippen molar-refractivity contribution in [2.24, 2.45) is 0 Å². The molecule has 0 bridgehead atoms. The lowest BCUT2D eigenvalue weighted by Crippen LogP contribution is -2.33. The van der Waals surface area contributed by atoms with Gasteiger partial charge in [0.15, 0.2) is 12.2 Å². The maximum atomic E-state index is 10.1. The molecule has 6 N–H and O–H groups in total. The summed E-state index contributed by atoms with van der Waals surface area (Å²) in [5, 5.41) is 53.3. The fraction of sp³-hybridized carbons (Fsp3) is 0.667. The van der Waals surface area contributed by atoms with E-state index in [1.165, 1.54) is 35.0 Å². The van der Waals surface area contributed by atoms with Crippen LogP contribution in [0.15, 0.2) is 11.5 Å². The van der Waals surface area contributed by atoms with E-state index in [0.29, 0.717) is 12.2 Å². The number of thioether (sulfide) groups is 2. The lowest BCUT2D eigenvalue weighted by atomic mass is 10.1. The smallest absolute Gasteiger partial charge is 0.335 e. The zero-order valence-corrected chi connectivity index (χ0v) is 13.8. The van der Waals surface area contributed by atoms with Gasteiger partial charge in [0.1, 0.15) is 6.10 Å². The van der Waals surface area contributed by atoms with Gasteiger partial charge in [0.2, 0.25) is 0 Å². The van der Waals surface area contributed by atoms with E-state index in [4.69, 9.17) is 30.6 Å². The normalized spacial score (nSPS) is 16.3. The van der Waals surface area contributed by atoms with E-state index in [1.807, 2.05) is 6.26 Å². The van der Waals surface area contributed by atoms with Gasteiger partial charge in [0, 0.05) is 0 Å². The van der Waals surface area contributed by atoms with E-state index in [1.54, 1.807) is 6.26 Å².